The maximum absolute atomic E-state index is 12.0. The van der Waals surface area contributed by atoms with Crippen LogP contribution in [0.3, 0.4) is 0 Å². The Balaban J connectivity index is 0.00000220. The molecule has 0 fully saturated rings. The summed E-state index contributed by atoms with van der Waals surface area (Å²) in [5.41, 5.74) is 1.89. The molecule has 2 heterocycles. The van der Waals surface area contributed by atoms with Gasteiger partial charge in [-0.25, -0.2) is 9.78 Å². The van der Waals surface area contributed by atoms with Crippen molar-refractivity contribution >= 4 is 35.4 Å². The van der Waals surface area contributed by atoms with E-state index >= 15 is 0 Å². The molecule has 114 valence electrons. The zero-order valence-electron chi connectivity index (χ0n) is 11.9. The molecule has 2 rings (SSSR count). The second kappa shape index (κ2) is 6.58. The van der Waals surface area contributed by atoms with Gasteiger partial charge < -0.3 is 14.8 Å². The molecule has 2 aromatic rings. The lowest BCUT2D eigenvalue weighted by atomic mass is 10.0. The number of nitrogens with zero attached hydrogens (tertiary/aromatic N) is 1. The van der Waals surface area contributed by atoms with Gasteiger partial charge in [-0.1, -0.05) is 13.8 Å². The van der Waals surface area contributed by atoms with E-state index in [1.165, 1.54) is 6.07 Å². The van der Waals surface area contributed by atoms with Crippen LogP contribution in [0.25, 0.3) is 11.1 Å². The van der Waals surface area contributed by atoms with E-state index in [1.54, 1.807) is 26.0 Å². The molecule has 2 N–H and O–H groups in total. The molecule has 0 aliphatic heterocycles. The fourth-order valence-corrected chi connectivity index (χ4v) is 1.86. The van der Waals surface area contributed by atoms with Crippen LogP contribution in [0, 0.1) is 12.8 Å². The van der Waals surface area contributed by atoms with E-state index < -0.39 is 17.9 Å². The number of carbonyl (C=O) groups excluding carboxylic acids is 1. The highest BCUT2D eigenvalue weighted by atomic mass is 35.5. The van der Waals surface area contributed by atoms with Crippen molar-refractivity contribution in [2.45, 2.75) is 26.8 Å². The molecule has 0 bridgehead atoms. The van der Waals surface area contributed by atoms with Gasteiger partial charge in [0.15, 0.2) is 11.3 Å². The first-order valence-corrected chi connectivity index (χ1v) is 6.29. The Morgan fingerprint density at radius 2 is 2.00 bits per heavy atom. The Bertz CT molecular complexity index is 666. The van der Waals surface area contributed by atoms with Crippen molar-refractivity contribution in [2.75, 3.05) is 0 Å². The molecule has 1 amide bonds. The largest absolute Gasteiger partial charge is 0.480 e. The Morgan fingerprint density at radius 1 is 1.33 bits per heavy atom. The fourth-order valence-electron chi connectivity index (χ4n) is 1.86. The van der Waals surface area contributed by atoms with Crippen LogP contribution in [0.1, 0.15) is 30.1 Å². The smallest absolute Gasteiger partial charge is 0.326 e. The summed E-state index contributed by atoms with van der Waals surface area (Å²) >= 11 is 0. The number of hydrogen-bond donors (Lipinski definition) is 2. The minimum Gasteiger partial charge on any atom is -0.480 e. The zero-order chi connectivity index (χ0) is 14.9. The van der Waals surface area contributed by atoms with E-state index in [9.17, 15) is 9.59 Å². The first-order valence-electron chi connectivity index (χ1n) is 6.29. The van der Waals surface area contributed by atoms with Crippen LogP contribution in [0.15, 0.2) is 22.6 Å². The number of pyridine rings is 1. The maximum Gasteiger partial charge on any atom is 0.326 e. The molecule has 0 aromatic carbocycles. The van der Waals surface area contributed by atoms with E-state index in [0.29, 0.717) is 11.1 Å². The summed E-state index contributed by atoms with van der Waals surface area (Å²) in [5, 5.41) is 11.5. The van der Waals surface area contributed by atoms with Gasteiger partial charge in [-0.2, -0.15) is 0 Å². The number of rotatable bonds is 4. The summed E-state index contributed by atoms with van der Waals surface area (Å²) in [6, 6.07) is 4.06. The molecule has 2 aromatic heterocycles. The molecule has 7 heteroatoms. The predicted molar refractivity (Wildman–Crippen MR) is 79.7 cm³/mol. The third-order valence-electron chi connectivity index (χ3n) is 2.96. The summed E-state index contributed by atoms with van der Waals surface area (Å²) in [5.74, 6) is -1.79. The monoisotopic (exact) mass is 312 g/mol. The van der Waals surface area contributed by atoms with Gasteiger partial charge in [-0.15, -0.1) is 12.4 Å². The lowest BCUT2D eigenvalue weighted by Gasteiger charge is -2.16. The molecule has 0 saturated heterocycles. The number of aromatic nitrogens is 1. The molecule has 0 radical (unpaired) electrons. The van der Waals surface area contributed by atoms with Crippen molar-refractivity contribution in [1.29, 1.82) is 0 Å². The molecule has 0 aliphatic rings. The lowest BCUT2D eigenvalue weighted by Crippen LogP contribution is -2.44. The summed E-state index contributed by atoms with van der Waals surface area (Å²) < 4.78 is 5.38. The van der Waals surface area contributed by atoms with Crippen molar-refractivity contribution in [1.82, 2.24) is 10.3 Å². The molecule has 6 nitrogen and oxygen atoms in total. The number of carboxylic acids is 1. The van der Waals surface area contributed by atoms with E-state index in [-0.39, 0.29) is 24.1 Å². The van der Waals surface area contributed by atoms with Crippen molar-refractivity contribution in [3.63, 3.8) is 0 Å². The topological polar surface area (TPSA) is 92.4 Å². The van der Waals surface area contributed by atoms with Gasteiger partial charge in [0, 0.05) is 11.8 Å². The highest BCUT2D eigenvalue weighted by molar-refractivity contribution is 5.97. The van der Waals surface area contributed by atoms with Gasteiger partial charge in [-0.05, 0) is 25.0 Å². The third kappa shape index (κ3) is 3.72. The first-order chi connectivity index (χ1) is 9.38. The van der Waals surface area contributed by atoms with Crippen LogP contribution in [0.5, 0.6) is 0 Å². The van der Waals surface area contributed by atoms with Gasteiger partial charge in [-0.3, -0.25) is 4.79 Å². The van der Waals surface area contributed by atoms with Crippen LogP contribution in [0.2, 0.25) is 0 Å². The van der Waals surface area contributed by atoms with Crippen LogP contribution in [-0.4, -0.2) is 28.0 Å². The van der Waals surface area contributed by atoms with Gasteiger partial charge in [0.1, 0.15) is 11.6 Å². The SMILES string of the molecule is Cc1ccc2oc(C(=O)N[C@@H](C(=O)O)C(C)C)cc2n1.Cl. The van der Waals surface area contributed by atoms with Crippen LogP contribution in [-0.2, 0) is 4.79 Å². The minimum absolute atomic E-state index is 0. The normalized spacial score (nSPS) is 12.0. The quantitative estimate of drug-likeness (QED) is 0.904. The number of furan rings is 1. The molecule has 0 aliphatic carbocycles. The number of halogens is 1. The Hall–Kier alpha value is -2.08. The average molecular weight is 313 g/mol. The van der Waals surface area contributed by atoms with Gasteiger partial charge in [0.25, 0.3) is 5.91 Å². The standard InChI is InChI=1S/C14H16N2O4.ClH/c1-7(2)12(14(18)19)16-13(17)11-6-9-10(20-11)5-4-8(3)15-9;/h4-7,12H,1-3H3,(H,16,17)(H,18,19);1H/t12-;/m1./s1. The van der Waals surface area contributed by atoms with Gasteiger partial charge in [0.05, 0.1) is 0 Å². The van der Waals surface area contributed by atoms with Gasteiger partial charge in [0.2, 0.25) is 0 Å². The summed E-state index contributed by atoms with van der Waals surface area (Å²) in [7, 11) is 0. The molecule has 0 saturated carbocycles. The van der Waals surface area contributed by atoms with Crippen molar-refractivity contribution < 1.29 is 19.1 Å². The molecule has 0 unspecified atom stereocenters. The summed E-state index contributed by atoms with van der Waals surface area (Å²) in [4.78, 5) is 27.3. The number of nitrogens with one attached hydrogen (secondary N) is 1. The van der Waals surface area contributed by atoms with E-state index in [0.717, 1.165) is 5.69 Å². The van der Waals surface area contributed by atoms with Crippen molar-refractivity contribution in [3.05, 3.63) is 29.7 Å². The van der Waals surface area contributed by atoms with Crippen LogP contribution >= 0.6 is 12.4 Å². The highest BCUT2D eigenvalue weighted by Gasteiger charge is 2.25. The number of aliphatic carboxylic acids is 1. The Morgan fingerprint density at radius 3 is 2.57 bits per heavy atom. The second-order valence-electron chi connectivity index (χ2n) is 4.98. The van der Waals surface area contributed by atoms with E-state index in [4.69, 9.17) is 9.52 Å². The molecular formula is C14H17ClN2O4. The molecule has 1 atom stereocenters. The maximum atomic E-state index is 12.0. The summed E-state index contributed by atoms with van der Waals surface area (Å²) in [6.07, 6.45) is 0. The van der Waals surface area contributed by atoms with Crippen molar-refractivity contribution in [2.24, 2.45) is 5.92 Å². The predicted octanol–water partition coefficient (Wildman–Crippen LogP) is 2.40. The Kier molecular flexibility index (Phi) is 5.32. The first kappa shape index (κ1) is 17.0. The van der Waals surface area contributed by atoms with Crippen molar-refractivity contribution in [3.8, 4) is 0 Å². The molecule has 0 spiro atoms. The van der Waals surface area contributed by atoms with E-state index in [1.807, 2.05) is 6.92 Å². The highest BCUT2D eigenvalue weighted by Crippen LogP contribution is 2.18. The second-order valence-corrected chi connectivity index (χ2v) is 4.98. The number of carbonyl (C=O) groups is 2. The average Bonchev–Trinajstić information content (AvgIpc) is 2.77. The number of carboxylic acid groups (broad SMARTS) is 1. The van der Waals surface area contributed by atoms with E-state index in [2.05, 4.69) is 10.3 Å². The molecular weight excluding hydrogens is 296 g/mol. The number of aryl methyl sites for hydroxylation is 1. The lowest BCUT2D eigenvalue weighted by molar-refractivity contribution is -0.140. The Labute approximate surface area is 128 Å². The fraction of sp³-hybridized carbons (Fsp3) is 0.357. The number of hydrogen-bond acceptors (Lipinski definition) is 4. The third-order valence-corrected chi connectivity index (χ3v) is 2.96. The van der Waals surface area contributed by atoms with Crippen LogP contribution < -0.4 is 5.32 Å². The number of amides is 1. The number of fused-ring (bicyclic) bond motifs is 1. The summed E-state index contributed by atoms with van der Waals surface area (Å²) in [6.45, 7) is 5.29. The van der Waals surface area contributed by atoms with Crippen LogP contribution in [0.4, 0.5) is 0 Å². The zero-order valence-corrected chi connectivity index (χ0v) is 12.7. The minimum atomic E-state index is -1.07. The van der Waals surface area contributed by atoms with Gasteiger partial charge >= 0.3 is 5.97 Å². The molecule has 21 heavy (non-hydrogen) atoms.